The Morgan fingerprint density at radius 1 is 1.44 bits per heavy atom. The Bertz CT molecular complexity index is 630. The van der Waals surface area contributed by atoms with Crippen molar-refractivity contribution in [2.45, 2.75) is 24.9 Å². The maximum atomic E-state index is 12.1. The lowest BCUT2D eigenvalue weighted by Crippen LogP contribution is -2.24. The van der Waals surface area contributed by atoms with Gasteiger partial charge in [-0.2, -0.15) is 0 Å². The summed E-state index contributed by atoms with van der Waals surface area (Å²) in [6.07, 6.45) is 0. The van der Waals surface area contributed by atoms with Crippen LogP contribution in [0.1, 0.15) is 15.6 Å². The third-order valence-electron chi connectivity index (χ3n) is 2.26. The second-order valence-electron chi connectivity index (χ2n) is 3.62. The summed E-state index contributed by atoms with van der Waals surface area (Å²) in [4.78, 5) is 5.14. The minimum atomic E-state index is -3.50. The van der Waals surface area contributed by atoms with E-state index in [9.17, 15) is 8.42 Å². The standard InChI is InChI=1S/C10H13N3O2S3/c1-7-6-17-10(13-7)5-12-18(14,15)9-2-3-16-8(9)4-11/h2-3,6,12H,4-5,11H2,1H3. The van der Waals surface area contributed by atoms with Crippen molar-refractivity contribution in [3.8, 4) is 0 Å². The fraction of sp³-hybridized carbons (Fsp3) is 0.300. The second-order valence-corrected chi connectivity index (χ2v) is 7.30. The van der Waals surface area contributed by atoms with Crippen molar-refractivity contribution in [1.29, 1.82) is 0 Å². The molecule has 0 fully saturated rings. The molecule has 0 amide bonds. The molecule has 18 heavy (non-hydrogen) atoms. The highest BCUT2D eigenvalue weighted by Crippen LogP contribution is 2.21. The molecule has 0 atom stereocenters. The molecule has 0 bridgehead atoms. The number of sulfonamides is 1. The van der Waals surface area contributed by atoms with Crippen LogP contribution in [0.4, 0.5) is 0 Å². The van der Waals surface area contributed by atoms with Crippen LogP contribution < -0.4 is 10.5 Å². The van der Waals surface area contributed by atoms with Gasteiger partial charge < -0.3 is 5.73 Å². The fourth-order valence-electron chi connectivity index (χ4n) is 1.44. The van der Waals surface area contributed by atoms with Gasteiger partial charge in [-0.15, -0.1) is 22.7 Å². The van der Waals surface area contributed by atoms with Crippen molar-refractivity contribution >= 4 is 32.7 Å². The number of aryl methyl sites for hydroxylation is 1. The number of thiophene rings is 1. The van der Waals surface area contributed by atoms with Gasteiger partial charge in [-0.25, -0.2) is 18.1 Å². The minimum Gasteiger partial charge on any atom is -0.326 e. The first-order valence-electron chi connectivity index (χ1n) is 5.20. The van der Waals surface area contributed by atoms with E-state index in [1.54, 1.807) is 11.4 Å². The molecule has 0 unspecified atom stereocenters. The van der Waals surface area contributed by atoms with Crippen LogP contribution in [0.2, 0.25) is 0 Å². The molecule has 0 aliphatic carbocycles. The highest BCUT2D eigenvalue weighted by molar-refractivity contribution is 7.89. The summed E-state index contributed by atoms with van der Waals surface area (Å²) in [5.41, 5.74) is 6.41. The lowest BCUT2D eigenvalue weighted by atomic mass is 10.5. The van der Waals surface area contributed by atoms with E-state index in [0.29, 0.717) is 4.88 Å². The normalized spacial score (nSPS) is 11.9. The molecule has 8 heteroatoms. The van der Waals surface area contributed by atoms with E-state index in [2.05, 4.69) is 9.71 Å². The molecule has 0 spiro atoms. The van der Waals surface area contributed by atoms with Crippen molar-refractivity contribution in [3.63, 3.8) is 0 Å². The van der Waals surface area contributed by atoms with E-state index in [-0.39, 0.29) is 18.0 Å². The lowest BCUT2D eigenvalue weighted by molar-refractivity contribution is 0.580. The Morgan fingerprint density at radius 3 is 2.83 bits per heavy atom. The van der Waals surface area contributed by atoms with Gasteiger partial charge in [-0.05, 0) is 18.4 Å². The minimum absolute atomic E-state index is 0.209. The van der Waals surface area contributed by atoms with E-state index >= 15 is 0 Å². The zero-order valence-electron chi connectivity index (χ0n) is 9.71. The van der Waals surface area contributed by atoms with Crippen molar-refractivity contribution in [3.05, 3.63) is 32.4 Å². The van der Waals surface area contributed by atoms with Gasteiger partial charge in [0.1, 0.15) is 5.01 Å². The number of nitrogens with two attached hydrogens (primary N) is 1. The van der Waals surface area contributed by atoms with E-state index in [1.165, 1.54) is 22.7 Å². The number of rotatable bonds is 5. The Kier molecular flexibility index (Phi) is 4.13. The van der Waals surface area contributed by atoms with E-state index in [1.807, 2.05) is 12.3 Å². The molecular formula is C10H13N3O2S3. The van der Waals surface area contributed by atoms with E-state index in [4.69, 9.17) is 5.73 Å². The van der Waals surface area contributed by atoms with Crippen molar-refractivity contribution in [2.75, 3.05) is 0 Å². The smallest absolute Gasteiger partial charge is 0.242 e. The lowest BCUT2D eigenvalue weighted by Gasteiger charge is -2.05. The summed E-state index contributed by atoms with van der Waals surface area (Å²) < 4.78 is 26.7. The van der Waals surface area contributed by atoms with Crippen molar-refractivity contribution in [1.82, 2.24) is 9.71 Å². The van der Waals surface area contributed by atoms with Crippen LogP contribution in [0, 0.1) is 6.92 Å². The van der Waals surface area contributed by atoms with Gasteiger partial charge in [-0.3, -0.25) is 0 Å². The molecule has 0 saturated heterocycles. The highest BCUT2D eigenvalue weighted by atomic mass is 32.2. The SMILES string of the molecule is Cc1csc(CNS(=O)(=O)c2ccsc2CN)n1. The van der Waals surface area contributed by atoms with E-state index in [0.717, 1.165) is 10.7 Å². The number of nitrogens with one attached hydrogen (secondary N) is 1. The topological polar surface area (TPSA) is 85.1 Å². The Hall–Kier alpha value is -0.800. The van der Waals surface area contributed by atoms with Gasteiger partial charge >= 0.3 is 0 Å². The fourth-order valence-corrected chi connectivity index (χ4v) is 4.56. The van der Waals surface area contributed by atoms with Crippen LogP contribution in [0.3, 0.4) is 0 Å². The molecule has 2 heterocycles. The van der Waals surface area contributed by atoms with Gasteiger partial charge in [0, 0.05) is 22.5 Å². The molecule has 3 N–H and O–H groups in total. The monoisotopic (exact) mass is 303 g/mol. The molecule has 98 valence electrons. The van der Waals surface area contributed by atoms with Crippen molar-refractivity contribution in [2.24, 2.45) is 5.73 Å². The molecule has 2 aromatic rings. The van der Waals surface area contributed by atoms with Crippen molar-refractivity contribution < 1.29 is 8.42 Å². The number of aromatic nitrogens is 1. The van der Waals surface area contributed by atoms with Crippen LogP contribution in [-0.2, 0) is 23.1 Å². The zero-order valence-corrected chi connectivity index (χ0v) is 12.2. The first kappa shape index (κ1) is 13.6. The average Bonchev–Trinajstić information content (AvgIpc) is 2.95. The zero-order chi connectivity index (χ0) is 13.2. The second kappa shape index (κ2) is 5.45. The summed E-state index contributed by atoms with van der Waals surface area (Å²) >= 11 is 2.78. The average molecular weight is 303 g/mol. The van der Waals surface area contributed by atoms with Gasteiger partial charge in [0.15, 0.2) is 0 Å². The van der Waals surface area contributed by atoms with Crippen LogP contribution in [0.5, 0.6) is 0 Å². The number of thiazole rings is 1. The third-order valence-corrected chi connectivity index (χ3v) is 5.78. The molecule has 0 aliphatic rings. The maximum absolute atomic E-state index is 12.1. The van der Waals surface area contributed by atoms with Crippen LogP contribution in [-0.4, -0.2) is 13.4 Å². The molecule has 0 saturated carbocycles. The first-order valence-corrected chi connectivity index (χ1v) is 8.44. The molecular weight excluding hydrogens is 290 g/mol. The van der Waals surface area contributed by atoms with Crippen LogP contribution in [0.15, 0.2) is 21.7 Å². The quantitative estimate of drug-likeness (QED) is 0.875. The molecule has 2 rings (SSSR count). The Morgan fingerprint density at radius 2 is 2.22 bits per heavy atom. The first-order chi connectivity index (χ1) is 8.53. The van der Waals surface area contributed by atoms with Crippen LogP contribution in [0.25, 0.3) is 0 Å². The van der Waals surface area contributed by atoms with Gasteiger partial charge in [0.25, 0.3) is 0 Å². The third kappa shape index (κ3) is 2.96. The summed E-state index contributed by atoms with van der Waals surface area (Å²) in [5.74, 6) is 0. The number of hydrogen-bond donors (Lipinski definition) is 2. The van der Waals surface area contributed by atoms with Crippen LogP contribution >= 0.6 is 22.7 Å². The predicted octanol–water partition coefficient (Wildman–Crippen LogP) is 1.45. The molecule has 5 nitrogen and oxygen atoms in total. The summed E-state index contributed by atoms with van der Waals surface area (Å²) in [6.45, 7) is 2.31. The largest absolute Gasteiger partial charge is 0.326 e. The van der Waals surface area contributed by atoms with Gasteiger partial charge in [0.2, 0.25) is 10.0 Å². The number of hydrogen-bond acceptors (Lipinski definition) is 6. The van der Waals surface area contributed by atoms with Gasteiger partial charge in [0.05, 0.1) is 11.4 Å². The Labute approximate surface area is 114 Å². The highest BCUT2D eigenvalue weighted by Gasteiger charge is 2.19. The maximum Gasteiger partial charge on any atom is 0.242 e. The Balaban J connectivity index is 2.13. The van der Waals surface area contributed by atoms with Gasteiger partial charge in [-0.1, -0.05) is 0 Å². The summed E-state index contributed by atoms with van der Waals surface area (Å²) in [5, 5.41) is 4.37. The predicted molar refractivity (Wildman–Crippen MR) is 73.1 cm³/mol. The molecule has 0 aromatic carbocycles. The summed E-state index contributed by atoms with van der Waals surface area (Å²) in [6, 6.07) is 1.57. The molecule has 0 aliphatic heterocycles. The summed E-state index contributed by atoms with van der Waals surface area (Å²) in [7, 11) is -3.50. The van der Waals surface area contributed by atoms with E-state index < -0.39 is 10.0 Å². The molecule has 2 aromatic heterocycles. The molecule has 0 radical (unpaired) electrons. The number of nitrogens with zero attached hydrogens (tertiary/aromatic N) is 1.